The molecule has 3 heteroatoms. The summed E-state index contributed by atoms with van der Waals surface area (Å²) in [4.78, 5) is 0. The number of hydrogen-bond donors (Lipinski definition) is 1. The highest BCUT2D eigenvalue weighted by atomic mass is 16.5. The fourth-order valence-electron chi connectivity index (χ4n) is 1.91. The van der Waals surface area contributed by atoms with Crippen molar-refractivity contribution in [1.29, 1.82) is 0 Å². The van der Waals surface area contributed by atoms with Crippen molar-refractivity contribution in [2.45, 2.75) is 58.3 Å². The van der Waals surface area contributed by atoms with Gasteiger partial charge in [0.15, 0.2) is 0 Å². The maximum Gasteiger partial charge on any atom is 0.105 e. The lowest BCUT2D eigenvalue weighted by atomic mass is 10.0. The number of ether oxygens (including phenoxy) is 2. The van der Waals surface area contributed by atoms with Crippen LogP contribution in [-0.4, -0.2) is 30.5 Å². The minimum atomic E-state index is -0.591. The van der Waals surface area contributed by atoms with Crippen molar-refractivity contribution in [2.75, 3.05) is 13.7 Å². The van der Waals surface area contributed by atoms with E-state index in [-0.39, 0.29) is 11.7 Å². The predicted molar refractivity (Wildman–Crippen MR) is 81.9 cm³/mol. The number of methoxy groups -OCH3 is 1. The van der Waals surface area contributed by atoms with Crippen molar-refractivity contribution in [2.24, 2.45) is 0 Å². The minimum Gasteiger partial charge on any atom is -0.386 e. The summed E-state index contributed by atoms with van der Waals surface area (Å²) >= 11 is 0. The molecule has 2 atom stereocenters. The van der Waals surface area contributed by atoms with Crippen LogP contribution in [0.25, 0.3) is 0 Å². The first kappa shape index (κ1) is 17.2. The van der Waals surface area contributed by atoms with Gasteiger partial charge in [0.25, 0.3) is 0 Å². The molecule has 1 N–H and O–H groups in total. The molecular weight excluding hydrogens is 252 g/mol. The summed E-state index contributed by atoms with van der Waals surface area (Å²) < 4.78 is 11.1. The zero-order chi connectivity index (χ0) is 15.2. The smallest absolute Gasteiger partial charge is 0.105 e. The number of rotatable bonds is 8. The van der Waals surface area contributed by atoms with Crippen molar-refractivity contribution >= 4 is 0 Å². The third kappa shape index (κ3) is 5.23. The van der Waals surface area contributed by atoms with Gasteiger partial charge in [0, 0.05) is 13.7 Å². The Balaban J connectivity index is 2.47. The highest BCUT2D eigenvalue weighted by molar-refractivity contribution is 5.24. The molecule has 3 nitrogen and oxygen atoms in total. The van der Waals surface area contributed by atoms with Crippen LogP contribution in [0.15, 0.2) is 24.3 Å². The molecule has 0 saturated heterocycles. The maximum absolute atomic E-state index is 10.3. The van der Waals surface area contributed by atoms with E-state index in [9.17, 15) is 5.11 Å². The van der Waals surface area contributed by atoms with Crippen molar-refractivity contribution in [3.8, 4) is 0 Å². The molecule has 0 heterocycles. The molecular formula is C17H28O3. The molecule has 1 aromatic rings. The molecule has 20 heavy (non-hydrogen) atoms. The standard InChI is InChI=1S/C17H28O3/c1-6-14-7-9-15(10-8-14)16(18)13(2)20-12-11-17(3,4)19-5/h7-10,13,16,18H,6,11-12H2,1-5H3. The van der Waals surface area contributed by atoms with Crippen LogP contribution in [0.3, 0.4) is 0 Å². The van der Waals surface area contributed by atoms with Gasteiger partial charge < -0.3 is 14.6 Å². The monoisotopic (exact) mass is 280 g/mol. The molecule has 0 fully saturated rings. The Morgan fingerprint density at radius 3 is 2.30 bits per heavy atom. The Labute approximate surface area is 122 Å². The first-order valence-corrected chi connectivity index (χ1v) is 7.33. The normalized spacial score (nSPS) is 15.1. The minimum absolute atomic E-state index is 0.187. The second-order valence-electron chi connectivity index (χ2n) is 5.83. The molecule has 0 saturated carbocycles. The quantitative estimate of drug-likeness (QED) is 0.792. The van der Waals surface area contributed by atoms with Crippen molar-refractivity contribution in [1.82, 2.24) is 0 Å². The first-order chi connectivity index (χ1) is 9.39. The second kappa shape index (κ2) is 7.77. The van der Waals surface area contributed by atoms with E-state index in [1.807, 2.05) is 32.9 Å². The number of aryl methyl sites for hydroxylation is 1. The molecule has 2 unspecified atom stereocenters. The Bertz CT molecular complexity index is 384. The van der Waals surface area contributed by atoms with Crippen molar-refractivity contribution < 1.29 is 14.6 Å². The molecule has 1 aromatic carbocycles. The summed E-state index contributed by atoms with van der Waals surface area (Å²) in [6, 6.07) is 8.06. The van der Waals surface area contributed by atoms with Crippen LogP contribution < -0.4 is 0 Å². The largest absolute Gasteiger partial charge is 0.386 e. The molecule has 0 spiro atoms. The van der Waals surface area contributed by atoms with Crippen LogP contribution >= 0.6 is 0 Å². The van der Waals surface area contributed by atoms with Gasteiger partial charge in [-0.3, -0.25) is 0 Å². The molecule has 0 aliphatic heterocycles. The lowest BCUT2D eigenvalue weighted by Gasteiger charge is -2.25. The Kier molecular flexibility index (Phi) is 6.66. The molecule has 0 aliphatic rings. The van der Waals surface area contributed by atoms with E-state index in [0.29, 0.717) is 6.61 Å². The van der Waals surface area contributed by atoms with E-state index in [1.165, 1.54) is 5.56 Å². The third-order valence-electron chi connectivity index (χ3n) is 3.81. The molecule has 0 aliphatic carbocycles. The SMILES string of the molecule is CCc1ccc(C(O)C(C)OCCC(C)(C)OC)cc1. The van der Waals surface area contributed by atoms with Crippen LogP contribution in [0.2, 0.25) is 0 Å². The second-order valence-corrected chi connectivity index (χ2v) is 5.83. The molecule has 0 bridgehead atoms. The van der Waals surface area contributed by atoms with Gasteiger partial charge in [0.1, 0.15) is 6.10 Å². The average Bonchev–Trinajstić information content (AvgIpc) is 2.46. The predicted octanol–water partition coefficient (Wildman–Crippen LogP) is 3.50. The van der Waals surface area contributed by atoms with Crippen molar-refractivity contribution in [3.05, 3.63) is 35.4 Å². The number of aliphatic hydroxyl groups is 1. The van der Waals surface area contributed by atoms with E-state index in [0.717, 1.165) is 18.4 Å². The van der Waals surface area contributed by atoms with E-state index < -0.39 is 6.10 Å². The van der Waals surface area contributed by atoms with Gasteiger partial charge >= 0.3 is 0 Å². The topological polar surface area (TPSA) is 38.7 Å². The Morgan fingerprint density at radius 2 is 1.80 bits per heavy atom. The summed E-state index contributed by atoms with van der Waals surface area (Å²) in [6.07, 6.45) is 0.992. The molecule has 0 radical (unpaired) electrons. The van der Waals surface area contributed by atoms with E-state index in [4.69, 9.17) is 9.47 Å². The van der Waals surface area contributed by atoms with Crippen LogP contribution in [0.4, 0.5) is 0 Å². The van der Waals surface area contributed by atoms with Gasteiger partial charge in [-0.1, -0.05) is 31.2 Å². The highest BCUT2D eigenvalue weighted by Gasteiger charge is 2.20. The summed E-state index contributed by atoms with van der Waals surface area (Å²) in [5.41, 5.74) is 1.99. The fraction of sp³-hybridized carbons (Fsp3) is 0.647. The zero-order valence-electron chi connectivity index (χ0n) is 13.3. The molecule has 1 rings (SSSR count). The molecule has 114 valence electrons. The van der Waals surface area contributed by atoms with Gasteiger partial charge in [0.2, 0.25) is 0 Å². The van der Waals surface area contributed by atoms with Gasteiger partial charge in [0.05, 0.1) is 11.7 Å². The Morgan fingerprint density at radius 1 is 1.20 bits per heavy atom. The lowest BCUT2D eigenvalue weighted by molar-refractivity contribution is -0.0581. The van der Waals surface area contributed by atoms with E-state index in [1.54, 1.807) is 7.11 Å². The first-order valence-electron chi connectivity index (χ1n) is 7.33. The third-order valence-corrected chi connectivity index (χ3v) is 3.81. The summed E-state index contributed by atoms with van der Waals surface area (Å²) in [6.45, 7) is 8.65. The maximum atomic E-state index is 10.3. The summed E-state index contributed by atoms with van der Waals surface area (Å²) in [7, 11) is 1.70. The van der Waals surface area contributed by atoms with Gasteiger partial charge in [-0.05, 0) is 44.7 Å². The number of benzene rings is 1. The molecule has 0 aromatic heterocycles. The van der Waals surface area contributed by atoms with Crippen LogP contribution in [-0.2, 0) is 15.9 Å². The highest BCUT2D eigenvalue weighted by Crippen LogP contribution is 2.21. The number of aliphatic hydroxyl groups excluding tert-OH is 1. The van der Waals surface area contributed by atoms with Gasteiger partial charge in [-0.2, -0.15) is 0 Å². The Hall–Kier alpha value is -0.900. The van der Waals surface area contributed by atoms with Crippen LogP contribution in [0, 0.1) is 0 Å². The summed E-state index contributed by atoms with van der Waals surface area (Å²) in [5, 5.41) is 10.3. The summed E-state index contributed by atoms with van der Waals surface area (Å²) in [5.74, 6) is 0. The lowest BCUT2D eigenvalue weighted by Crippen LogP contribution is -2.27. The number of hydrogen-bond acceptors (Lipinski definition) is 3. The van der Waals surface area contributed by atoms with Crippen LogP contribution in [0.1, 0.15) is 51.3 Å². The average molecular weight is 280 g/mol. The van der Waals surface area contributed by atoms with E-state index >= 15 is 0 Å². The van der Waals surface area contributed by atoms with Gasteiger partial charge in [-0.25, -0.2) is 0 Å². The fourth-order valence-corrected chi connectivity index (χ4v) is 1.91. The van der Waals surface area contributed by atoms with E-state index in [2.05, 4.69) is 19.1 Å². The zero-order valence-corrected chi connectivity index (χ0v) is 13.3. The molecule has 0 amide bonds. The van der Waals surface area contributed by atoms with Crippen LogP contribution in [0.5, 0.6) is 0 Å². The van der Waals surface area contributed by atoms with Crippen molar-refractivity contribution in [3.63, 3.8) is 0 Å². The van der Waals surface area contributed by atoms with Gasteiger partial charge in [-0.15, -0.1) is 0 Å².